The van der Waals surface area contributed by atoms with Gasteiger partial charge in [0.05, 0.1) is 16.6 Å². The minimum atomic E-state index is -0.350. The number of para-hydroxylation sites is 1. The SMILES string of the molecule is O=c1c2ccccc2nc(/C=C/c2ccccc2)n1-c1ccc(F)cc1. The molecular formula is C22H15FN2O. The molecule has 0 aliphatic rings. The number of hydrogen-bond acceptors (Lipinski definition) is 2. The van der Waals surface area contributed by atoms with E-state index in [-0.39, 0.29) is 11.4 Å². The predicted octanol–water partition coefficient (Wildman–Crippen LogP) is 4.70. The molecule has 1 heterocycles. The minimum absolute atomic E-state index is 0.185. The standard InChI is InChI=1S/C22H15FN2O/c23-17-11-13-18(14-12-17)25-21(15-10-16-6-2-1-3-7-16)24-20-9-5-4-8-19(20)22(25)26/h1-15H/b15-10+. The van der Waals surface area contributed by atoms with Crippen molar-refractivity contribution in [2.75, 3.05) is 0 Å². The quantitative estimate of drug-likeness (QED) is 0.541. The molecule has 0 amide bonds. The lowest BCUT2D eigenvalue weighted by Gasteiger charge is -2.11. The zero-order chi connectivity index (χ0) is 17.9. The van der Waals surface area contributed by atoms with E-state index in [1.54, 1.807) is 30.3 Å². The van der Waals surface area contributed by atoms with Crippen LogP contribution in [0.5, 0.6) is 0 Å². The van der Waals surface area contributed by atoms with Crippen molar-refractivity contribution in [3.8, 4) is 5.69 Å². The fourth-order valence-electron chi connectivity index (χ4n) is 2.84. The Labute approximate surface area is 149 Å². The zero-order valence-electron chi connectivity index (χ0n) is 13.8. The molecule has 126 valence electrons. The Morgan fingerprint density at radius 1 is 0.808 bits per heavy atom. The van der Waals surface area contributed by atoms with Crippen LogP contribution in [0.2, 0.25) is 0 Å². The maximum Gasteiger partial charge on any atom is 0.266 e. The first kappa shape index (κ1) is 16.0. The number of hydrogen-bond donors (Lipinski definition) is 0. The van der Waals surface area contributed by atoms with Crippen molar-refractivity contribution >= 4 is 23.1 Å². The number of fused-ring (bicyclic) bond motifs is 1. The van der Waals surface area contributed by atoms with Gasteiger partial charge in [-0.05, 0) is 48.0 Å². The third-order valence-electron chi connectivity index (χ3n) is 4.11. The molecule has 0 bridgehead atoms. The Bertz CT molecular complexity index is 1150. The third-order valence-corrected chi connectivity index (χ3v) is 4.11. The van der Waals surface area contributed by atoms with Gasteiger partial charge in [0.15, 0.2) is 0 Å². The molecule has 0 spiro atoms. The number of rotatable bonds is 3. The average Bonchev–Trinajstić information content (AvgIpc) is 2.68. The van der Waals surface area contributed by atoms with E-state index in [4.69, 9.17) is 0 Å². The van der Waals surface area contributed by atoms with Gasteiger partial charge in [-0.15, -0.1) is 0 Å². The van der Waals surface area contributed by atoms with Gasteiger partial charge in [-0.3, -0.25) is 9.36 Å². The van der Waals surface area contributed by atoms with Crippen LogP contribution in [0.25, 0.3) is 28.7 Å². The van der Waals surface area contributed by atoms with E-state index in [2.05, 4.69) is 4.98 Å². The Hall–Kier alpha value is -3.53. The van der Waals surface area contributed by atoms with E-state index in [9.17, 15) is 9.18 Å². The van der Waals surface area contributed by atoms with Crippen LogP contribution in [0.1, 0.15) is 11.4 Å². The fourth-order valence-corrected chi connectivity index (χ4v) is 2.84. The smallest absolute Gasteiger partial charge is 0.266 e. The van der Waals surface area contributed by atoms with E-state index in [1.807, 2.05) is 48.5 Å². The van der Waals surface area contributed by atoms with E-state index in [0.717, 1.165) is 5.56 Å². The lowest BCUT2D eigenvalue weighted by atomic mass is 10.2. The van der Waals surface area contributed by atoms with Crippen LogP contribution < -0.4 is 5.56 Å². The van der Waals surface area contributed by atoms with Gasteiger partial charge in [-0.25, -0.2) is 9.37 Å². The molecule has 3 aromatic carbocycles. The number of benzene rings is 3. The molecule has 0 aliphatic carbocycles. The summed E-state index contributed by atoms with van der Waals surface area (Å²) in [6, 6.07) is 22.8. The lowest BCUT2D eigenvalue weighted by molar-refractivity contribution is 0.627. The van der Waals surface area contributed by atoms with Crippen molar-refractivity contribution in [1.29, 1.82) is 0 Å². The van der Waals surface area contributed by atoms with Crippen LogP contribution in [-0.2, 0) is 0 Å². The summed E-state index contributed by atoms with van der Waals surface area (Å²) >= 11 is 0. The molecule has 4 heteroatoms. The Morgan fingerprint density at radius 3 is 2.27 bits per heavy atom. The minimum Gasteiger partial charge on any atom is -0.268 e. The first-order valence-electron chi connectivity index (χ1n) is 8.23. The summed E-state index contributed by atoms with van der Waals surface area (Å²) in [6.45, 7) is 0. The molecule has 0 fully saturated rings. The van der Waals surface area contributed by atoms with E-state index >= 15 is 0 Å². The van der Waals surface area contributed by atoms with Gasteiger partial charge in [0.1, 0.15) is 11.6 Å². The predicted molar refractivity (Wildman–Crippen MR) is 103 cm³/mol. The topological polar surface area (TPSA) is 34.9 Å². The molecule has 4 rings (SSSR count). The molecule has 26 heavy (non-hydrogen) atoms. The highest BCUT2D eigenvalue weighted by Gasteiger charge is 2.11. The van der Waals surface area contributed by atoms with E-state index in [0.29, 0.717) is 22.4 Å². The fraction of sp³-hybridized carbons (Fsp3) is 0. The van der Waals surface area contributed by atoms with Gasteiger partial charge >= 0.3 is 0 Å². The van der Waals surface area contributed by atoms with Crippen molar-refractivity contribution in [2.45, 2.75) is 0 Å². The molecule has 0 aliphatic heterocycles. The van der Waals surface area contributed by atoms with Crippen molar-refractivity contribution in [3.05, 3.63) is 106 Å². The Morgan fingerprint density at radius 2 is 1.50 bits per heavy atom. The van der Waals surface area contributed by atoms with Crippen molar-refractivity contribution in [1.82, 2.24) is 9.55 Å². The van der Waals surface area contributed by atoms with Crippen molar-refractivity contribution in [2.24, 2.45) is 0 Å². The first-order valence-corrected chi connectivity index (χ1v) is 8.23. The van der Waals surface area contributed by atoms with Crippen LogP contribution >= 0.6 is 0 Å². The second-order valence-corrected chi connectivity index (χ2v) is 5.85. The molecule has 0 N–H and O–H groups in total. The van der Waals surface area contributed by atoms with Crippen LogP contribution in [0.4, 0.5) is 4.39 Å². The second kappa shape index (κ2) is 6.76. The summed E-state index contributed by atoms with van der Waals surface area (Å²) in [5.74, 6) is 0.140. The van der Waals surface area contributed by atoms with Crippen molar-refractivity contribution < 1.29 is 4.39 Å². The van der Waals surface area contributed by atoms with Gasteiger partial charge in [0.25, 0.3) is 5.56 Å². The Balaban J connectivity index is 1.95. The molecule has 3 nitrogen and oxygen atoms in total. The molecule has 0 atom stereocenters. The summed E-state index contributed by atoms with van der Waals surface area (Å²) in [5.41, 5.74) is 2.02. The Kier molecular flexibility index (Phi) is 4.15. The van der Waals surface area contributed by atoms with Crippen LogP contribution in [0, 0.1) is 5.82 Å². The monoisotopic (exact) mass is 342 g/mol. The van der Waals surface area contributed by atoms with Gasteiger partial charge in [-0.2, -0.15) is 0 Å². The largest absolute Gasteiger partial charge is 0.268 e. The van der Waals surface area contributed by atoms with Crippen LogP contribution in [0.3, 0.4) is 0 Å². The summed E-state index contributed by atoms with van der Waals surface area (Å²) in [7, 11) is 0. The number of aromatic nitrogens is 2. The first-order chi connectivity index (χ1) is 12.7. The van der Waals surface area contributed by atoms with Crippen molar-refractivity contribution in [3.63, 3.8) is 0 Å². The van der Waals surface area contributed by atoms with Gasteiger partial charge < -0.3 is 0 Å². The highest BCUT2D eigenvalue weighted by Crippen LogP contribution is 2.15. The molecular weight excluding hydrogens is 327 g/mol. The zero-order valence-corrected chi connectivity index (χ0v) is 13.8. The number of nitrogens with zero attached hydrogens (tertiary/aromatic N) is 2. The maximum atomic E-state index is 13.3. The van der Waals surface area contributed by atoms with E-state index < -0.39 is 0 Å². The normalized spacial score (nSPS) is 11.3. The highest BCUT2D eigenvalue weighted by molar-refractivity contribution is 5.80. The molecule has 0 radical (unpaired) electrons. The van der Waals surface area contributed by atoms with E-state index in [1.165, 1.54) is 16.7 Å². The summed E-state index contributed by atoms with van der Waals surface area (Å²) < 4.78 is 14.8. The molecule has 4 aromatic rings. The lowest BCUT2D eigenvalue weighted by Crippen LogP contribution is -2.22. The number of halogens is 1. The third kappa shape index (κ3) is 3.05. The van der Waals surface area contributed by atoms with Gasteiger partial charge in [0.2, 0.25) is 0 Å². The summed E-state index contributed by atoms with van der Waals surface area (Å²) in [4.78, 5) is 17.7. The van der Waals surface area contributed by atoms with Crippen LogP contribution in [0.15, 0.2) is 83.7 Å². The van der Waals surface area contributed by atoms with Gasteiger partial charge in [-0.1, -0.05) is 48.5 Å². The molecule has 0 unspecified atom stereocenters. The summed E-state index contributed by atoms with van der Waals surface area (Å²) in [5, 5.41) is 0.522. The second-order valence-electron chi connectivity index (χ2n) is 5.85. The maximum absolute atomic E-state index is 13.3. The highest BCUT2D eigenvalue weighted by atomic mass is 19.1. The summed E-state index contributed by atoms with van der Waals surface area (Å²) in [6.07, 6.45) is 3.70. The molecule has 0 saturated heterocycles. The average molecular weight is 342 g/mol. The van der Waals surface area contributed by atoms with Gasteiger partial charge in [0, 0.05) is 0 Å². The molecule has 0 saturated carbocycles. The van der Waals surface area contributed by atoms with Crippen LogP contribution in [-0.4, -0.2) is 9.55 Å². The molecule has 1 aromatic heterocycles.